The molecule has 2 rings (SSSR count). The molecule has 2 aromatic rings. The predicted molar refractivity (Wildman–Crippen MR) is 76.4 cm³/mol. The molecule has 0 spiro atoms. The van der Waals surface area contributed by atoms with Crippen LogP contribution < -0.4 is 5.32 Å². The fraction of sp³-hybridized carbons (Fsp3) is 0.250. The minimum atomic E-state index is -0.422. The number of carbonyl (C=O) groups is 2. The quantitative estimate of drug-likeness (QED) is 0.825. The molecule has 1 aromatic heterocycles. The Kier molecular flexibility index (Phi) is 5.15. The molecule has 1 amide bonds. The summed E-state index contributed by atoms with van der Waals surface area (Å²) in [6, 6.07) is 11.1. The average Bonchev–Trinajstić information content (AvgIpc) is 2.96. The highest BCUT2D eigenvalue weighted by Gasteiger charge is 2.09. The number of rotatable bonds is 6. The van der Waals surface area contributed by atoms with E-state index in [0.29, 0.717) is 5.76 Å². The van der Waals surface area contributed by atoms with Gasteiger partial charge in [-0.25, -0.2) is 0 Å². The van der Waals surface area contributed by atoms with Crippen molar-refractivity contribution in [1.29, 1.82) is 0 Å². The lowest BCUT2D eigenvalue weighted by molar-refractivity contribution is -0.147. The number of nitrogens with one attached hydrogen (secondary N) is 1. The molecular weight excluding hydrogens is 270 g/mol. The second kappa shape index (κ2) is 7.28. The molecule has 21 heavy (non-hydrogen) atoms. The van der Waals surface area contributed by atoms with E-state index in [1.165, 1.54) is 6.26 Å². The van der Waals surface area contributed by atoms with Gasteiger partial charge < -0.3 is 14.5 Å². The first kappa shape index (κ1) is 14.8. The van der Waals surface area contributed by atoms with Crippen LogP contribution >= 0.6 is 0 Å². The second-order valence-electron chi connectivity index (χ2n) is 4.68. The molecule has 0 fully saturated rings. The summed E-state index contributed by atoms with van der Waals surface area (Å²) >= 11 is 0. The molecule has 0 aliphatic carbocycles. The molecule has 1 aromatic carbocycles. The Hall–Kier alpha value is -2.56. The van der Waals surface area contributed by atoms with Crippen LogP contribution in [0, 0.1) is 6.92 Å². The summed E-state index contributed by atoms with van der Waals surface area (Å²) in [6.45, 7) is 1.95. The number of hydrogen-bond acceptors (Lipinski definition) is 4. The molecule has 0 bridgehead atoms. The normalized spacial score (nSPS) is 10.1. The average molecular weight is 287 g/mol. The monoisotopic (exact) mass is 287 g/mol. The number of hydrogen-bond donors (Lipinski definition) is 1. The molecule has 110 valence electrons. The van der Waals surface area contributed by atoms with E-state index in [-0.39, 0.29) is 25.5 Å². The molecule has 1 N–H and O–H groups in total. The molecule has 0 atom stereocenters. The van der Waals surface area contributed by atoms with E-state index in [9.17, 15) is 9.59 Å². The Balaban J connectivity index is 1.69. The molecule has 0 aliphatic heterocycles. The summed E-state index contributed by atoms with van der Waals surface area (Å²) in [5.74, 6) is -0.132. The lowest BCUT2D eigenvalue weighted by atomic mass is 10.1. The van der Waals surface area contributed by atoms with Gasteiger partial charge in [0.15, 0.2) is 6.61 Å². The third-order valence-corrected chi connectivity index (χ3v) is 2.84. The number of esters is 1. The molecule has 0 aliphatic rings. The van der Waals surface area contributed by atoms with Gasteiger partial charge in [0, 0.05) is 0 Å². The van der Waals surface area contributed by atoms with Crippen molar-refractivity contribution in [3.63, 3.8) is 0 Å². The van der Waals surface area contributed by atoms with Crippen LogP contribution in [0.4, 0.5) is 0 Å². The van der Waals surface area contributed by atoms with Gasteiger partial charge in [-0.3, -0.25) is 9.59 Å². The van der Waals surface area contributed by atoms with E-state index >= 15 is 0 Å². The largest absolute Gasteiger partial charge is 0.467 e. The van der Waals surface area contributed by atoms with Crippen LogP contribution in [0.3, 0.4) is 0 Å². The minimum Gasteiger partial charge on any atom is -0.467 e. The SMILES string of the molecule is Cc1cccc(CC(=O)OCC(=O)NCc2ccco2)c1. The zero-order chi connectivity index (χ0) is 15.1. The summed E-state index contributed by atoms with van der Waals surface area (Å²) in [7, 11) is 0. The second-order valence-corrected chi connectivity index (χ2v) is 4.68. The van der Waals surface area contributed by atoms with Gasteiger partial charge in [0.2, 0.25) is 0 Å². The molecular formula is C16H17NO4. The molecule has 0 saturated carbocycles. The van der Waals surface area contributed by atoms with Crippen molar-refractivity contribution in [3.8, 4) is 0 Å². The topological polar surface area (TPSA) is 68.5 Å². The van der Waals surface area contributed by atoms with Crippen LogP contribution in [0.2, 0.25) is 0 Å². The number of furan rings is 1. The van der Waals surface area contributed by atoms with Gasteiger partial charge in [-0.05, 0) is 24.6 Å². The number of carbonyl (C=O) groups excluding carboxylic acids is 2. The van der Waals surface area contributed by atoms with Gasteiger partial charge in [-0.1, -0.05) is 29.8 Å². The molecule has 0 saturated heterocycles. The maximum Gasteiger partial charge on any atom is 0.310 e. The maximum absolute atomic E-state index is 11.6. The minimum absolute atomic E-state index is 0.160. The van der Waals surface area contributed by atoms with Crippen molar-refractivity contribution in [2.45, 2.75) is 19.9 Å². The van der Waals surface area contributed by atoms with Gasteiger partial charge >= 0.3 is 5.97 Å². The van der Waals surface area contributed by atoms with E-state index in [2.05, 4.69) is 5.32 Å². The lowest BCUT2D eigenvalue weighted by Gasteiger charge is -2.06. The zero-order valence-corrected chi connectivity index (χ0v) is 11.8. The van der Waals surface area contributed by atoms with Crippen LogP contribution in [0.5, 0.6) is 0 Å². The summed E-state index contributed by atoms with van der Waals surface area (Å²) in [6.07, 6.45) is 1.69. The third kappa shape index (κ3) is 5.14. The van der Waals surface area contributed by atoms with Crippen molar-refractivity contribution in [3.05, 3.63) is 59.5 Å². The van der Waals surface area contributed by atoms with Crippen molar-refractivity contribution in [2.24, 2.45) is 0 Å². The van der Waals surface area contributed by atoms with Crippen molar-refractivity contribution >= 4 is 11.9 Å². The third-order valence-electron chi connectivity index (χ3n) is 2.84. The summed E-state index contributed by atoms with van der Waals surface area (Å²) in [4.78, 5) is 23.2. The Morgan fingerprint density at radius 3 is 2.81 bits per heavy atom. The lowest BCUT2D eigenvalue weighted by Crippen LogP contribution is -2.28. The molecule has 0 radical (unpaired) electrons. The number of ether oxygens (including phenoxy) is 1. The highest BCUT2D eigenvalue weighted by atomic mass is 16.5. The van der Waals surface area contributed by atoms with Gasteiger partial charge in [0.25, 0.3) is 5.91 Å². The summed E-state index contributed by atoms with van der Waals surface area (Å²) < 4.78 is 10.0. The first-order valence-corrected chi connectivity index (χ1v) is 6.64. The van der Waals surface area contributed by atoms with Gasteiger partial charge in [0.05, 0.1) is 19.2 Å². The molecule has 5 heteroatoms. The van der Waals surface area contributed by atoms with E-state index in [4.69, 9.17) is 9.15 Å². The van der Waals surface area contributed by atoms with Gasteiger partial charge in [-0.2, -0.15) is 0 Å². The first-order valence-electron chi connectivity index (χ1n) is 6.64. The summed E-state index contributed by atoms with van der Waals surface area (Å²) in [5.41, 5.74) is 1.95. The van der Waals surface area contributed by atoms with Crippen LogP contribution in [-0.2, 0) is 27.3 Å². The zero-order valence-electron chi connectivity index (χ0n) is 11.8. The van der Waals surface area contributed by atoms with E-state index in [1.807, 2.05) is 31.2 Å². The maximum atomic E-state index is 11.6. The highest BCUT2D eigenvalue weighted by molar-refractivity contribution is 5.81. The van der Waals surface area contributed by atoms with Crippen LogP contribution in [0.15, 0.2) is 47.1 Å². The van der Waals surface area contributed by atoms with Crippen LogP contribution in [-0.4, -0.2) is 18.5 Å². The standard InChI is InChI=1S/C16H17NO4/c1-12-4-2-5-13(8-12)9-16(19)21-11-15(18)17-10-14-6-3-7-20-14/h2-8H,9-11H2,1H3,(H,17,18). The van der Waals surface area contributed by atoms with E-state index in [0.717, 1.165) is 11.1 Å². The van der Waals surface area contributed by atoms with E-state index in [1.54, 1.807) is 12.1 Å². The smallest absolute Gasteiger partial charge is 0.310 e. The van der Waals surface area contributed by atoms with Crippen molar-refractivity contribution in [2.75, 3.05) is 6.61 Å². The molecule has 5 nitrogen and oxygen atoms in total. The van der Waals surface area contributed by atoms with E-state index < -0.39 is 5.97 Å². The number of benzene rings is 1. The fourth-order valence-corrected chi connectivity index (χ4v) is 1.84. The molecule has 0 unspecified atom stereocenters. The van der Waals surface area contributed by atoms with Gasteiger partial charge in [-0.15, -0.1) is 0 Å². The first-order chi connectivity index (χ1) is 10.1. The van der Waals surface area contributed by atoms with Crippen LogP contribution in [0.25, 0.3) is 0 Å². The Morgan fingerprint density at radius 1 is 1.24 bits per heavy atom. The number of aryl methyl sites for hydroxylation is 1. The summed E-state index contributed by atoms with van der Waals surface area (Å²) in [5, 5.41) is 2.60. The highest BCUT2D eigenvalue weighted by Crippen LogP contribution is 2.05. The molecule has 1 heterocycles. The fourth-order valence-electron chi connectivity index (χ4n) is 1.84. The van der Waals surface area contributed by atoms with Crippen molar-refractivity contribution in [1.82, 2.24) is 5.32 Å². The Labute approximate surface area is 122 Å². The number of amides is 1. The Morgan fingerprint density at radius 2 is 2.10 bits per heavy atom. The van der Waals surface area contributed by atoms with Crippen molar-refractivity contribution < 1.29 is 18.7 Å². The van der Waals surface area contributed by atoms with Crippen LogP contribution in [0.1, 0.15) is 16.9 Å². The van der Waals surface area contributed by atoms with Gasteiger partial charge in [0.1, 0.15) is 5.76 Å². The predicted octanol–water partition coefficient (Wildman–Crippen LogP) is 1.99. The Bertz CT molecular complexity index is 604.